The molecule has 3 nitrogen and oxygen atoms in total. The Bertz CT molecular complexity index is 991. The van der Waals surface area contributed by atoms with Crippen LogP contribution in [0.15, 0.2) is 91.0 Å². The van der Waals surface area contributed by atoms with E-state index in [2.05, 4.69) is 4.67 Å². The summed E-state index contributed by atoms with van der Waals surface area (Å²) in [6, 6.07) is 29.5. The second-order valence-corrected chi connectivity index (χ2v) is 11.4. The van der Waals surface area contributed by atoms with Crippen LogP contribution in [0.25, 0.3) is 0 Å². The third-order valence-electron chi connectivity index (χ3n) is 6.51. The lowest BCUT2D eigenvalue weighted by Crippen LogP contribution is -2.51. The van der Waals surface area contributed by atoms with E-state index in [-0.39, 0.29) is 5.41 Å². The summed E-state index contributed by atoms with van der Waals surface area (Å²) in [6.45, 7) is 1.14. The molecule has 1 unspecified atom stereocenters. The van der Waals surface area contributed by atoms with Crippen molar-refractivity contribution in [2.75, 3.05) is 13.1 Å². The summed E-state index contributed by atoms with van der Waals surface area (Å²) in [5.74, 6) is 0. The number of β-amino-alcohol motifs (C(OH)–C–C–N with tert-alkyl or cyclic N) is 1. The zero-order chi connectivity index (χ0) is 20.0. The van der Waals surface area contributed by atoms with Crippen molar-refractivity contribution in [3.63, 3.8) is 0 Å². The van der Waals surface area contributed by atoms with E-state index in [1.54, 1.807) is 0 Å². The van der Waals surface area contributed by atoms with E-state index in [1.165, 1.54) is 0 Å². The van der Waals surface area contributed by atoms with Crippen molar-refractivity contribution in [2.24, 2.45) is 5.41 Å². The highest BCUT2D eigenvalue weighted by Gasteiger charge is 2.57. The van der Waals surface area contributed by atoms with Crippen molar-refractivity contribution < 1.29 is 9.67 Å². The molecular weight excluding hydrogens is 377 g/mol. The average molecular weight is 403 g/mol. The maximum atomic E-state index is 14.8. The highest BCUT2D eigenvalue weighted by molar-refractivity contribution is 7.76. The molecule has 1 aliphatic carbocycles. The second-order valence-electron chi connectivity index (χ2n) is 8.64. The quantitative estimate of drug-likeness (QED) is 0.661. The predicted octanol–water partition coefficient (Wildman–Crippen LogP) is 4.29. The first-order valence-corrected chi connectivity index (χ1v) is 11.9. The van der Waals surface area contributed by atoms with Gasteiger partial charge >= 0.3 is 0 Å². The van der Waals surface area contributed by atoms with E-state index in [0.717, 1.165) is 42.0 Å². The van der Waals surface area contributed by atoms with Gasteiger partial charge in [0.15, 0.2) is 0 Å². The second kappa shape index (κ2) is 6.95. The average Bonchev–Trinajstić information content (AvgIpc) is 3.52. The van der Waals surface area contributed by atoms with Crippen LogP contribution >= 0.6 is 7.29 Å². The first-order chi connectivity index (χ1) is 14.0. The molecule has 0 aromatic heterocycles. The Morgan fingerprint density at radius 1 is 0.724 bits per heavy atom. The summed E-state index contributed by atoms with van der Waals surface area (Å²) in [5, 5.41) is 13.4. The Morgan fingerprint density at radius 3 is 1.69 bits per heavy atom. The molecule has 2 fully saturated rings. The van der Waals surface area contributed by atoms with E-state index < -0.39 is 12.9 Å². The van der Waals surface area contributed by atoms with Gasteiger partial charge in [-0.1, -0.05) is 66.7 Å². The standard InChI is InChI=1S/C25H26NO2P/c27-25(21-10-4-1-5-11-21)18-24(16-17-24)19-26(20-25)29(28,22-12-6-2-7-13-22)23-14-8-3-9-15-23/h1-15,27H,16-20H2. The van der Waals surface area contributed by atoms with Crippen LogP contribution in [0.4, 0.5) is 0 Å². The van der Waals surface area contributed by atoms with Crippen molar-refractivity contribution >= 4 is 17.9 Å². The Hall–Kier alpha value is -2.19. The van der Waals surface area contributed by atoms with Gasteiger partial charge in [-0.05, 0) is 54.5 Å². The first-order valence-electron chi connectivity index (χ1n) is 10.3. The minimum atomic E-state index is -3.07. The van der Waals surface area contributed by atoms with Gasteiger partial charge in [0.1, 0.15) is 5.60 Å². The smallest absolute Gasteiger partial charge is 0.207 e. The summed E-state index contributed by atoms with van der Waals surface area (Å²) < 4.78 is 16.9. The monoisotopic (exact) mass is 403 g/mol. The molecule has 1 aliphatic heterocycles. The van der Waals surface area contributed by atoms with Crippen molar-refractivity contribution in [2.45, 2.75) is 24.9 Å². The van der Waals surface area contributed by atoms with Crippen LogP contribution in [0.1, 0.15) is 24.8 Å². The van der Waals surface area contributed by atoms with Gasteiger partial charge in [-0.25, -0.2) is 4.67 Å². The number of hydrogen-bond acceptors (Lipinski definition) is 2. The van der Waals surface area contributed by atoms with Gasteiger partial charge in [0.2, 0.25) is 7.29 Å². The predicted molar refractivity (Wildman–Crippen MR) is 118 cm³/mol. The molecule has 1 atom stereocenters. The lowest BCUT2D eigenvalue weighted by Gasteiger charge is -2.47. The van der Waals surface area contributed by atoms with Gasteiger partial charge in [0.05, 0.1) is 0 Å². The minimum absolute atomic E-state index is 0.0576. The summed E-state index contributed by atoms with van der Waals surface area (Å²) in [7, 11) is -3.07. The van der Waals surface area contributed by atoms with Crippen molar-refractivity contribution in [3.05, 3.63) is 96.6 Å². The Balaban J connectivity index is 1.64. The molecule has 1 heterocycles. The third kappa shape index (κ3) is 3.28. The summed E-state index contributed by atoms with van der Waals surface area (Å²) in [4.78, 5) is 0. The van der Waals surface area contributed by atoms with Gasteiger partial charge in [-0.15, -0.1) is 0 Å². The Kier molecular flexibility index (Phi) is 4.51. The third-order valence-corrected chi connectivity index (χ3v) is 9.58. The van der Waals surface area contributed by atoms with E-state index in [9.17, 15) is 9.67 Å². The number of rotatable bonds is 4. The summed E-state index contributed by atoms with van der Waals surface area (Å²) in [5.41, 5.74) is -0.0132. The van der Waals surface area contributed by atoms with Crippen LogP contribution in [0, 0.1) is 5.41 Å². The van der Waals surface area contributed by atoms with Gasteiger partial charge in [-0.2, -0.15) is 0 Å². The maximum Gasteiger partial charge on any atom is 0.207 e. The van der Waals surface area contributed by atoms with Gasteiger partial charge in [0.25, 0.3) is 0 Å². The number of benzene rings is 3. The molecule has 4 heteroatoms. The maximum absolute atomic E-state index is 14.8. The van der Waals surface area contributed by atoms with Crippen LogP contribution in [0.2, 0.25) is 0 Å². The molecule has 148 valence electrons. The van der Waals surface area contributed by atoms with E-state index in [4.69, 9.17) is 0 Å². The molecule has 1 spiro atoms. The lowest BCUT2D eigenvalue weighted by molar-refractivity contribution is -0.0409. The van der Waals surface area contributed by atoms with Crippen LogP contribution in [-0.4, -0.2) is 22.9 Å². The molecule has 1 saturated carbocycles. The Labute approximate surface area is 172 Å². The summed E-state index contributed by atoms with van der Waals surface area (Å²) >= 11 is 0. The number of hydrogen-bond donors (Lipinski definition) is 1. The molecule has 5 rings (SSSR count). The molecule has 0 bridgehead atoms. The molecule has 1 N–H and O–H groups in total. The number of nitrogens with zero attached hydrogens (tertiary/aromatic N) is 1. The molecule has 3 aromatic rings. The van der Waals surface area contributed by atoms with E-state index in [1.807, 2.05) is 91.0 Å². The fourth-order valence-electron chi connectivity index (χ4n) is 4.87. The molecule has 29 heavy (non-hydrogen) atoms. The van der Waals surface area contributed by atoms with Crippen LogP contribution in [0.3, 0.4) is 0 Å². The molecule has 0 radical (unpaired) electrons. The topological polar surface area (TPSA) is 40.5 Å². The van der Waals surface area contributed by atoms with Crippen LogP contribution in [-0.2, 0) is 10.2 Å². The van der Waals surface area contributed by atoms with E-state index in [0.29, 0.717) is 6.54 Å². The largest absolute Gasteiger partial charge is 0.384 e. The molecule has 0 amide bonds. The minimum Gasteiger partial charge on any atom is -0.384 e. The molecular formula is C25H26NO2P. The Morgan fingerprint density at radius 2 is 1.21 bits per heavy atom. The molecule has 3 aromatic carbocycles. The molecule has 1 saturated heterocycles. The lowest BCUT2D eigenvalue weighted by atomic mass is 9.79. The SMILES string of the molecule is O=P(c1ccccc1)(c1ccccc1)N1CC2(CC2)CC(O)(c2ccccc2)C1. The normalized spacial score (nSPS) is 23.8. The van der Waals surface area contributed by atoms with Crippen molar-refractivity contribution in [1.82, 2.24) is 4.67 Å². The zero-order valence-electron chi connectivity index (χ0n) is 16.4. The number of aliphatic hydroxyl groups is 1. The van der Waals surface area contributed by atoms with E-state index >= 15 is 0 Å². The fraction of sp³-hybridized carbons (Fsp3) is 0.280. The van der Waals surface area contributed by atoms with Crippen molar-refractivity contribution in [1.29, 1.82) is 0 Å². The first kappa shape index (κ1) is 18.8. The highest BCUT2D eigenvalue weighted by Crippen LogP contribution is 2.62. The van der Waals surface area contributed by atoms with Gasteiger partial charge < -0.3 is 5.11 Å². The van der Waals surface area contributed by atoms with Crippen LogP contribution < -0.4 is 10.6 Å². The highest BCUT2D eigenvalue weighted by atomic mass is 31.2. The van der Waals surface area contributed by atoms with Crippen LogP contribution in [0.5, 0.6) is 0 Å². The van der Waals surface area contributed by atoms with Gasteiger partial charge in [0, 0.05) is 23.7 Å². The van der Waals surface area contributed by atoms with Gasteiger partial charge in [-0.3, -0.25) is 4.57 Å². The van der Waals surface area contributed by atoms with Crippen molar-refractivity contribution in [3.8, 4) is 0 Å². The number of piperidine rings is 1. The fourth-order valence-corrected chi connectivity index (χ4v) is 7.90. The molecule has 2 aliphatic rings. The zero-order valence-corrected chi connectivity index (χ0v) is 17.3. The summed E-state index contributed by atoms with van der Waals surface area (Å²) in [6.07, 6.45) is 2.91.